The summed E-state index contributed by atoms with van der Waals surface area (Å²) in [6.07, 6.45) is 3.81. The van der Waals surface area contributed by atoms with Crippen molar-refractivity contribution in [2.24, 2.45) is 0 Å². The Morgan fingerprint density at radius 2 is 2.33 bits per heavy atom. The molecule has 0 amide bonds. The molecule has 2 rings (SSSR count). The zero-order valence-electron chi connectivity index (χ0n) is 11.1. The van der Waals surface area contributed by atoms with Crippen molar-refractivity contribution in [3.8, 4) is 0 Å². The third-order valence-corrected chi connectivity index (χ3v) is 3.42. The van der Waals surface area contributed by atoms with E-state index in [0.29, 0.717) is 6.42 Å². The molecule has 1 fully saturated rings. The molecule has 2 heterocycles. The average molecular weight is 248 g/mol. The maximum absolute atomic E-state index is 11.5. The fourth-order valence-electron chi connectivity index (χ4n) is 2.48. The Morgan fingerprint density at radius 1 is 1.50 bits per heavy atom. The van der Waals surface area contributed by atoms with Crippen LogP contribution in [0.1, 0.15) is 31.4 Å². The van der Waals surface area contributed by atoms with Gasteiger partial charge in [-0.25, -0.2) is 4.98 Å². The highest BCUT2D eigenvalue weighted by atomic mass is 16.5. The number of methoxy groups -OCH3 is 1. The normalized spacial score (nSPS) is 19.7. The van der Waals surface area contributed by atoms with E-state index in [0.717, 1.165) is 30.9 Å². The molecule has 4 heteroatoms. The van der Waals surface area contributed by atoms with Crippen LogP contribution in [0.2, 0.25) is 0 Å². The second-order valence-corrected chi connectivity index (χ2v) is 4.76. The fourth-order valence-corrected chi connectivity index (χ4v) is 2.48. The number of aromatic nitrogens is 1. The number of aryl methyl sites for hydroxylation is 1. The van der Waals surface area contributed by atoms with Crippen LogP contribution in [0.3, 0.4) is 0 Å². The first kappa shape index (κ1) is 12.9. The summed E-state index contributed by atoms with van der Waals surface area (Å²) < 4.78 is 4.77. The van der Waals surface area contributed by atoms with Gasteiger partial charge < -0.3 is 9.64 Å². The fraction of sp³-hybridized carbons (Fsp3) is 0.571. The number of hydrogen-bond acceptors (Lipinski definition) is 4. The first-order valence-corrected chi connectivity index (χ1v) is 6.48. The minimum absolute atomic E-state index is 0.139. The highest BCUT2D eigenvalue weighted by Gasteiger charge is 2.26. The van der Waals surface area contributed by atoms with Crippen molar-refractivity contribution in [2.75, 3.05) is 18.6 Å². The molecule has 4 nitrogen and oxygen atoms in total. The number of piperidine rings is 1. The van der Waals surface area contributed by atoms with Gasteiger partial charge in [-0.2, -0.15) is 0 Å². The molecule has 0 saturated carbocycles. The van der Waals surface area contributed by atoms with Crippen LogP contribution in [0.25, 0.3) is 0 Å². The molecule has 1 aliphatic rings. The number of pyridine rings is 1. The average Bonchev–Trinajstić information content (AvgIpc) is 2.39. The van der Waals surface area contributed by atoms with Crippen molar-refractivity contribution in [3.05, 3.63) is 23.9 Å². The smallest absolute Gasteiger partial charge is 0.307 e. The Labute approximate surface area is 108 Å². The number of hydrogen-bond donors (Lipinski definition) is 0. The second-order valence-electron chi connectivity index (χ2n) is 4.76. The zero-order chi connectivity index (χ0) is 13.0. The molecule has 1 atom stereocenters. The molecule has 98 valence electrons. The van der Waals surface area contributed by atoms with Gasteiger partial charge in [-0.15, -0.1) is 0 Å². The molecule has 0 N–H and O–H groups in total. The van der Waals surface area contributed by atoms with Crippen molar-refractivity contribution in [1.82, 2.24) is 4.98 Å². The van der Waals surface area contributed by atoms with E-state index in [1.165, 1.54) is 13.5 Å². The van der Waals surface area contributed by atoms with Crippen LogP contribution >= 0.6 is 0 Å². The van der Waals surface area contributed by atoms with E-state index >= 15 is 0 Å². The summed E-state index contributed by atoms with van der Waals surface area (Å²) in [7, 11) is 1.44. The summed E-state index contributed by atoms with van der Waals surface area (Å²) in [6.45, 7) is 2.96. The van der Waals surface area contributed by atoms with Crippen LogP contribution in [0.4, 0.5) is 5.82 Å². The van der Waals surface area contributed by atoms with Crippen LogP contribution in [-0.2, 0) is 9.53 Å². The van der Waals surface area contributed by atoms with Gasteiger partial charge >= 0.3 is 5.97 Å². The van der Waals surface area contributed by atoms with Gasteiger partial charge in [0.2, 0.25) is 0 Å². The molecule has 0 aromatic carbocycles. The lowest BCUT2D eigenvalue weighted by Crippen LogP contribution is -2.41. The van der Waals surface area contributed by atoms with E-state index in [-0.39, 0.29) is 12.0 Å². The summed E-state index contributed by atoms with van der Waals surface area (Å²) in [6, 6.07) is 6.24. The number of carbonyl (C=O) groups is 1. The van der Waals surface area contributed by atoms with Gasteiger partial charge in [-0.05, 0) is 38.3 Å². The standard InChI is InChI=1S/C14H20N2O2/c1-11-6-5-8-13(15-11)16-9-4-3-7-12(16)10-14(17)18-2/h5-6,8,12H,3-4,7,9-10H2,1-2H3. The number of rotatable bonds is 3. The number of nitrogens with zero attached hydrogens (tertiary/aromatic N) is 2. The summed E-state index contributed by atoms with van der Waals surface area (Å²) in [5.74, 6) is 0.836. The van der Waals surface area contributed by atoms with Crippen molar-refractivity contribution in [1.29, 1.82) is 0 Å². The predicted molar refractivity (Wildman–Crippen MR) is 70.6 cm³/mol. The summed E-state index contributed by atoms with van der Waals surface area (Å²) >= 11 is 0. The number of carbonyl (C=O) groups excluding carboxylic acids is 1. The Balaban J connectivity index is 2.14. The monoisotopic (exact) mass is 248 g/mol. The maximum Gasteiger partial charge on any atom is 0.307 e. The highest BCUT2D eigenvalue weighted by Crippen LogP contribution is 2.25. The highest BCUT2D eigenvalue weighted by molar-refractivity contribution is 5.70. The van der Waals surface area contributed by atoms with E-state index in [1.807, 2.05) is 25.1 Å². The molecule has 0 aliphatic carbocycles. The van der Waals surface area contributed by atoms with Crippen LogP contribution in [0.15, 0.2) is 18.2 Å². The molecule has 18 heavy (non-hydrogen) atoms. The molecular formula is C14H20N2O2. The quantitative estimate of drug-likeness (QED) is 0.770. The lowest BCUT2D eigenvalue weighted by Gasteiger charge is -2.36. The maximum atomic E-state index is 11.5. The molecule has 1 unspecified atom stereocenters. The number of anilines is 1. The summed E-state index contributed by atoms with van der Waals surface area (Å²) in [4.78, 5) is 18.3. The first-order valence-electron chi connectivity index (χ1n) is 6.48. The molecule has 1 saturated heterocycles. The molecule has 1 aliphatic heterocycles. The minimum Gasteiger partial charge on any atom is -0.469 e. The molecular weight excluding hydrogens is 228 g/mol. The van der Waals surface area contributed by atoms with Gasteiger partial charge in [0.15, 0.2) is 0 Å². The number of esters is 1. The largest absolute Gasteiger partial charge is 0.469 e. The first-order chi connectivity index (χ1) is 8.70. The predicted octanol–water partition coefficient (Wildman–Crippen LogP) is 2.31. The molecule has 1 aromatic heterocycles. The van der Waals surface area contributed by atoms with Crippen LogP contribution in [-0.4, -0.2) is 30.6 Å². The molecule has 0 radical (unpaired) electrons. The number of ether oxygens (including phenoxy) is 1. The van der Waals surface area contributed by atoms with Crippen molar-refractivity contribution in [3.63, 3.8) is 0 Å². The van der Waals surface area contributed by atoms with Crippen LogP contribution in [0.5, 0.6) is 0 Å². The third-order valence-electron chi connectivity index (χ3n) is 3.42. The van der Waals surface area contributed by atoms with Gasteiger partial charge in [0.1, 0.15) is 5.82 Å². The SMILES string of the molecule is COC(=O)CC1CCCCN1c1cccc(C)n1. The van der Waals surface area contributed by atoms with Gasteiger partial charge in [-0.1, -0.05) is 6.07 Å². The summed E-state index contributed by atoms with van der Waals surface area (Å²) in [5.41, 5.74) is 1.01. The minimum atomic E-state index is -0.139. The van der Waals surface area contributed by atoms with E-state index in [4.69, 9.17) is 4.74 Å². The molecule has 0 spiro atoms. The van der Waals surface area contributed by atoms with E-state index < -0.39 is 0 Å². The second kappa shape index (κ2) is 5.85. The van der Waals surface area contributed by atoms with E-state index in [9.17, 15) is 4.79 Å². The van der Waals surface area contributed by atoms with E-state index in [1.54, 1.807) is 0 Å². The van der Waals surface area contributed by atoms with Gasteiger partial charge in [0, 0.05) is 18.3 Å². The Morgan fingerprint density at radius 3 is 3.06 bits per heavy atom. The van der Waals surface area contributed by atoms with Crippen molar-refractivity contribution >= 4 is 11.8 Å². The Hall–Kier alpha value is -1.58. The van der Waals surface area contributed by atoms with Crippen molar-refractivity contribution in [2.45, 2.75) is 38.6 Å². The van der Waals surface area contributed by atoms with Crippen LogP contribution < -0.4 is 4.90 Å². The van der Waals surface area contributed by atoms with Crippen molar-refractivity contribution < 1.29 is 9.53 Å². The summed E-state index contributed by atoms with van der Waals surface area (Å²) in [5, 5.41) is 0. The topological polar surface area (TPSA) is 42.4 Å². The van der Waals surface area contributed by atoms with Gasteiger partial charge in [-0.3, -0.25) is 4.79 Å². The third kappa shape index (κ3) is 3.00. The van der Waals surface area contributed by atoms with E-state index in [2.05, 4.69) is 9.88 Å². The Kier molecular flexibility index (Phi) is 4.18. The zero-order valence-corrected chi connectivity index (χ0v) is 11.1. The molecule has 0 bridgehead atoms. The lowest BCUT2D eigenvalue weighted by atomic mass is 9.99. The lowest BCUT2D eigenvalue weighted by molar-refractivity contribution is -0.141. The Bertz CT molecular complexity index is 420. The van der Waals surface area contributed by atoms with Crippen LogP contribution in [0, 0.1) is 6.92 Å². The molecule has 1 aromatic rings. The van der Waals surface area contributed by atoms with Gasteiger partial charge in [0.25, 0.3) is 0 Å². The van der Waals surface area contributed by atoms with Gasteiger partial charge in [0.05, 0.1) is 13.5 Å².